The molecule has 2 unspecified atom stereocenters. The highest BCUT2D eigenvalue weighted by atomic mass is 32.1. The summed E-state index contributed by atoms with van der Waals surface area (Å²) in [7, 11) is 1.73. The molecule has 6 heteroatoms. The van der Waals surface area contributed by atoms with Crippen molar-refractivity contribution in [3.05, 3.63) is 35.1 Å². The van der Waals surface area contributed by atoms with Crippen LogP contribution in [0.1, 0.15) is 44.8 Å². The van der Waals surface area contributed by atoms with Crippen molar-refractivity contribution in [1.29, 1.82) is 0 Å². The van der Waals surface area contributed by atoms with Crippen molar-refractivity contribution >= 4 is 16.5 Å². The fourth-order valence-corrected chi connectivity index (χ4v) is 3.40. The van der Waals surface area contributed by atoms with Gasteiger partial charge in [-0.25, -0.2) is 4.98 Å². The molecule has 2 heterocycles. The van der Waals surface area contributed by atoms with E-state index in [-0.39, 0.29) is 17.9 Å². The maximum atomic E-state index is 10.3. The van der Waals surface area contributed by atoms with Crippen LogP contribution in [0.25, 0.3) is 0 Å². The van der Waals surface area contributed by atoms with Crippen LogP contribution in [0.5, 0.6) is 0 Å². The van der Waals surface area contributed by atoms with Gasteiger partial charge in [0.25, 0.3) is 0 Å². The minimum Gasteiger partial charge on any atom is -0.508 e. The number of thiazole rings is 1. The first-order valence-electron chi connectivity index (χ1n) is 8.06. The SMILES string of the molecule is C=C1CCC(OC)CCNC(c2csc(NC(C)C)n2)/C=C\1O. The summed E-state index contributed by atoms with van der Waals surface area (Å²) in [5.74, 6) is 0.241. The summed E-state index contributed by atoms with van der Waals surface area (Å²) >= 11 is 1.58. The Kier molecular flexibility index (Phi) is 6.62. The number of aromatic nitrogens is 1. The van der Waals surface area contributed by atoms with Gasteiger partial charge in [0.15, 0.2) is 5.13 Å². The highest BCUT2D eigenvalue weighted by Gasteiger charge is 2.18. The minimum absolute atomic E-state index is 0.124. The van der Waals surface area contributed by atoms with Crippen LogP contribution in [0.15, 0.2) is 29.4 Å². The summed E-state index contributed by atoms with van der Waals surface area (Å²) < 4.78 is 5.49. The summed E-state index contributed by atoms with van der Waals surface area (Å²) in [6, 6.07) is 0.221. The van der Waals surface area contributed by atoms with Gasteiger partial charge in [0, 0.05) is 18.5 Å². The smallest absolute Gasteiger partial charge is 0.183 e. The zero-order valence-electron chi connectivity index (χ0n) is 14.1. The summed E-state index contributed by atoms with van der Waals surface area (Å²) in [6.07, 6.45) is 4.53. The number of anilines is 1. The van der Waals surface area contributed by atoms with E-state index in [2.05, 4.69) is 36.0 Å². The van der Waals surface area contributed by atoms with Crippen LogP contribution in [0.3, 0.4) is 0 Å². The van der Waals surface area contributed by atoms with Crippen molar-refractivity contribution in [2.24, 2.45) is 0 Å². The highest BCUT2D eigenvalue weighted by molar-refractivity contribution is 7.13. The van der Waals surface area contributed by atoms with Gasteiger partial charge in [0.05, 0.1) is 17.8 Å². The minimum atomic E-state index is -0.124. The number of rotatable bonds is 4. The number of hydrogen-bond acceptors (Lipinski definition) is 6. The lowest BCUT2D eigenvalue weighted by Crippen LogP contribution is -2.26. The molecule has 2 rings (SSSR count). The monoisotopic (exact) mass is 337 g/mol. The lowest BCUT2D eigenvalue weighted by molar-refractivity contribution is 0.0873. The largest absolute Gasteiger partial charge is 0.508 e. The Morgan fingerprint density at radius 3 is 2.96 bits per heavy atom. The molecule has 128 valence electrons. The Labute approximate surface area is 142 Å². The molecule has 0 bridgehead atoms. The number of ether oxygens (including phenoxy) is 1. The van der Waals surface area contributed by atoms with Gasteiger partial charge in [0.2, 0.25) is 0 Å². The molecular weight excluding hydrogens is 310 g/mol. The lowest BCUT2D eigenvalue weighted by Gasteiger charge is -2.21. The number of nitrogens with one attached hydrogen (secondary N) is 2. The average molecular weight is 337 g/mol. The predicted molar refractivity (Wildman–Crippen MR) is 96.1 cm³/mol. The standard InChI is InChI=1S/C17H27N3O2S/c1-11(2)19-17-20-15(10-23-17)14-9-16(21)12(3)5-6-13(22-4)7-8-18-14/h9-11,13-14,18,21H,3,5-8H2,1-2,4H3,(H,19,20)/b16-9+. The van der Waals surface area contributed by atoms with Gasteiger partial charge in [-0.2, -0.15) is 0 Å². The predicted octanol–water partition coefficient (Wildman–Crippen LogP) is 3.79. The summed E-state index contributed by atoms with van der Waals surface area (Å²) in [4.78, 5) is 4.63. The molecule has 0 saturated carbocycles. The Balaban J connectivity index is 2.17. The van der Waals surface area contributed by atoms with E-state index in [1.54, 1.807) is 18.4 Å². The number of allylic oxidation sites excluding steroid dienone is 1. The quantitative estimate of drug-likeness (QED) is 0.780. The van der Waals surface area contributed by atoms with E-state index < -0.39 is 0 Å². The third kappa shape index (κ3) is 5.34. The van der Waals surface area contributed by atoms with E-state index in [9.17, 15) is 5.11 Å². The number of nitrogens with zero attached hydrogens (tertiary/aromatic N) is 1. The van der Waals surface area contributed by atoms with E-state index in [1.165, 1.54) is 0 Å². The van der Waals surface area contributed by atoms with E-state index in [1.807, 2.05) is 11.5 Å². The van der Waals surface area contributed by atoms with Crippen LogP contribution in [0.4, 0.5) is 5.13 Å². The van der Waals surface area contributed by atoms with E-state index in [0.29, 0.717) is 6.04 Å². The molecule has 3 N–H and O–H groups in total. The zero-order chi connectivity index (χ0) is 16.8. The van der Waals surface area contributed by atoms with Crippen molar-refractivity contribution in [1.82, 2.24) is 10.3 Å². The molecule has 0 saturated heterocycles. The van der Waals surface area contributed by atoms with Gasteiger partial charge in [-0.15, -0.1) is 11.3 Å². The van der Waals surface area contributed by atoms with Gasteiger partial charge >= 0.3 is 0 Å². The third-order valence-corrected chi connectivity index (χ3v) is 4.66. The average Bonchev–Trinajstić information content (AvgIpc) is 2.96. The fourth-order valence-electron chi connectivity index (χ4n) is 2.51. The number of hydrogen-bond donors (Lipinski definition) is 3. The van der Waals surface area contributed by atoms with Crippen molar-refractivity contribution in [2.45, 2.75) is 51.3 Å². The Morgan fingerprint density at radius 2 is 2.26 bits per heavy atom. The first kappa shape index (κ1) is 18.0. The lowest BCUT2D eigenvalue weighted by atomic mass is 10.0. The van der Waals surface area contributed by atoms with Crippen LogP contribution >= 0.6 is 11.3 Å². The highest BCUT2D eigenvalue weighted by Crippen LogP contribution is 2.26. The molecule has 1 aliphatic rings. The molecule has 0 fully saturated rings. The molecule has 1 aliphatic heterocycles. The Hall–Kier alpha value is -1.37. The first-order valence-corrected chi connectivity index (χ1v) is 8.94. The third-order valence-electron chi connectivity index (χ3n) is 3.87. The van der Waals surface area contributed by atoms with Crippen LogP contribution in [-0.4, -0.2) is 35.9 Å². The molecule has 5 nitrogen and oxygen atoms in total. The second-order valence-electron chi connectivity index (χ2n) is 6.15. The second-order valence-corrected chi connectivity index (χ2v) is 7.01. The molecule has 23 heavy (non-hydrogen) atoms. The Bertz CT molecular complexity index is 554. The zero-order valence-corrected chi connectivity index (χ0v) is 14.9. The molecular formula is C17H27N3O2S. The molecule has 1 aromatic rings. The summed E-state index contributed by atoms with van der Waals surface area (Å²) in [5, 5.41) is 20.0. The van der Waals surface area contributed by atoms with Gasteiger partial charge in [-0.1, -0.05) is 6.58 Å². The fraction of sp³-hybridized carbons (Fsp3) is 0.588. The molecule has 0 spiro atoms. The van der Waals surface area contributed by atoms with E-state index in [0.717, 1.165) is 42.2 Å². The molecule has 0 aliphatic carbocycles. The maximum absolute atomic E-state index is 10.3. The van der Waals surface area contributed by atoms with Crippen LogP contribution in [0, 0.1) is 0 Å². The normalized spacial score (nSPS) is 25.9. The van der Waals surface area contributed by atoms with Crippen LogP contribution in [-0.2, 0) is 4.74 Å². The second kappa shape index (κ2) is 8.47. The van der Waals surface area contributed by atoms with Gasteiger partial charge in [-0.05, 0) is 51.3 Å². The van der Waals surface area contributed by atoms with Crippen molar-refractivity contribution in [3.63, 3.8) is 0 Å². The van der Waals surface area contributed by atoms with E-state index in [4.69, 9.17) is 4.74 Å². The van der Waals surface area contributed by atoms with Gasteiger partial charge < -0.3 is 20.5 Å². The molecule has 0 amide bonds. The van der Waals surface area contributed by atoms with E-state index >= 15 is 0 Å². The first-order chi connectivity index (χ1) is 11.0. The summed E-state index contributed by atoms with van der Waals surface area (Å²) in [6.45, 7) is 8.96. The van der Waals surface area contributed by atoms with Gasteiger partial charge in [-0.3, -0.25) is 0 Å². The van der Waals surface area contributed by atoms with Crippen LogP contribution < -0.4 is 10.6 Å². The molecule has 0 aromatic carbocycles. The number of aliphatic hydroxyl groups excluding tert-OH is 1. The van der Waals surface area contributed by atoms with Crippen molar-refractivity contribution < 1.29 is 9.84 Å². The van der Waals surface area contributed by atoms with Gasteiger partial charge in [0.1, 0.15) is 5.76 Å². The van der Waals surface area contributed by atoms with Crippen LogP contribution in [0.2, 0.25) is 0 Å². The topological polar surface area (TPSA) is 66.4 Å². The summed E-state index contributed by atoms with van der Waals surface area (Å²) in [5.41, 5.74) is 1.66. The molecule has 2 atom stereocenters. The Morgan fingerprint density at radius 1 is 1.48 bits per heavy atom. The molecule has 1 aromatic heterocycles. The number of aliphatic hydroxyl groups is 1. The molecule has 0 radical (unpaired) electrons. The number of methoxy groups -OCH3 is 1. The van der Waals surface area contributed by atoms with Crippen molar-refractivity contribution in [3.8, 4) is 0 Å². The van der Waals surface area contributed by atoms with Crippen molar-refractivity contribution in [2.75, 3.05) is 19.0 Å². The maximum Gasteiger partial charge on any atom is 0.183 e.